The van der Waals surface area contributed by atoms with Crippen LogP contribution >= 0.6 is 0 Å². The van der Waals surface area contributed by atoms with Crippen molar-refractivity contribution >= 4 is 12.0 Å². The molecule has 0 saturated carbocycles. The molecule has 0 unspecified atom stereocenters. The first kappa shape index (κ1) is 25.5. The van der Waals surface area contributed by atoms with E-state index < -0.39 is 11.7 Å². The zero-order valence-electron chi connectivity index (χ0n) is 19.8. The quantitative estimate of drug-likeness (QED) is 0.497. The highest BCUT2D eigenvalue weighted by atomic mass is 16.6. The predicted molar refractivity (Wildman–Crippen MR) is 124 cm³/mol. The van der Waals surface area contributed by atoms with E-state index in [-0.39, 0.29) is 0 Å². The number of aromatic nitrogens is 3. The van der Waals surface area contributed by atoms with Crippen molar-refractivity contribution in [3.8, 4) is 11.4 Å². The van der Waals surface area contributed by atoms with Gasteiger partial charge in [0, 0.05) is 25.2 Å². The highest BCUT2D eigenvalue weighted by molar-refractivity contribution is 5.67. The molecule has 0 bridgehead atoms. The molecule has 2 rings (SSSR count). The van der Waals surface area contributed by atoms with Crippen LogP contribution in [0, 0.1) is 6.92 Å². The SMILES string of the molecule is CCN(CCOCCOCCNC(=O)OC(C)(C)C)c1nc(C)nc(-c2ccccc2)n1. The van der Waals surface area contributed by atoms with Crippen molar-refractivity contribution in [3.05, 3.63) is 36.2 Å². The van der Waals surface area contributed by atoms with Gasteiger partial charge in [-0.05, 0) is 34.6 Å². The molecule has 0 aliphatic carbocycles. The van der Waals surface area contributed by atoms with Crippen molar-refractivity contribution in [1.82, 2.24) is 20.3 Å². The van der Waals surface area contributed by atoms with Crippen LogP contribution in [0.15, 0.2) is 30.3 Å². The average molecular weight is 446 g/mol. The summed E-state index contributed by atoms with van der Waals surface area (Å²) in [5.74, 6) is 1.99. The van der Waals surface area contributed by atoms with Gasteiger partial charge in [0.15, 0.2) is 5.82 Å². The summed E-state index contributed by atoms with van der Waals surface area (Å²) in [6.45, 7) is 13.1. The molecule has 0 atom stereocenters. The van der Waals surface area contributed by atoms with Crippen LogP contribution < -0.4 is 10.2 Å². The van der Waals surface area contributed by atoms with Gasteiger partial charge in [-0.25, -0.2) is 9.78 Å². The molecule has 0 saturated heterocycles. The fourth-order valence-electron chi connectivity index (χ4n) is 2.76. The van der Waals surface area contributed by atoms with Crippen molar-refractivity contribution in [2.24, 2.45) is 0 Å². The smallest absolute Gasteiger partial charge is 0.407 e. The number of ether oxygens (including phenoxy) is 3. The Morgan fingerprint density at radius 2 is 1.69 bits per heavy atom. The van der Waals surface area contributed by atoms with Crippen molar-refractivity contribution in [3.63, 3.8) is 0 Å². The highest BCUT2D eigenvalue weighted by Gasteiger charge is 2.15. The summed E-state index contributed by atoms with van der Waals surface area (Å²) < 4.78 is 16.3. The third-order valence-electron chi connectivity index (χ3n) is 4.22. The Labute approximate surface area is 190 Å². The van der Waals surface area contributed by atoms with Gasteiger partial charge in [0.1, 0.15) is 11.4 Å². The molecule has 1 aromatic heterocycles. The summed E-state index contributed by atoms with van der Waals surface area (Å²) >= 11 is 0. The number of nitrogens with one attached hydrogen (secondary N) is 1. The van der Waals surface area contributed by atoms with Crippen molar-refractivity contribution < 1.29 is 19.0 Å². The summed E-state index contributed by atoms with van der Waals surface area (Å²) in [4.78, 5) is 27.2. The van der Waals surface area contributed by atoms with E-state index in [1.165, 1.54) is 0 Å². The Morgan fingerprint density at radius 3 is 2.34 bits per heavy atom. The van der Waals surface area contributed by atoms with E-state index in [9.17, 15) is 4.79 Å². The minimum Gasteiger partial charge on any atom is -0.444 e. The van der Waals surface area contributed by atoms with E-state index in [1.807, 2.05) is 58.0 Å². The number of benzene rings is 1. The Morgan fingerprint density at radius 1 is 1.00 bits per heavy atom. The number of carbonyl (C=O) groups is 1. The van der Waals surface area contributed by atoms with E-state index in [2.05, 4.69) is 32.1 Å². The molecule has 0 aliphatic rings. The van der Waals surface area contributed by atoms with Crippen molar-refractivity contribution in [2.45, 2.75) is 40.2 Å². The summed E-state index contributed by atoms with van der Waals surface area (Å²) in [5, 5.41) is 2.65. The van der Waals surface area contributed by atoms with Crippen molar-refractivity contribution in [2.75, 3.05) is 51.0 Å². The number of rotatable bonds is 12. The number of alkyl carbamates (subject to hydrolysis) is 1. The van der Waals surface area contributed by atoms with Gasteiger partial charge in [0.05, 0.1) is 26.4 Å². The fraction of sp³-hybridized carbons (Fsp3) is 0.565. The lowest BCUT2D eigenvalue weighted by Gasteiger charge is -2.21. The van der Waals surface area contributed by atoms with Crippen LogP contribution in [-0.2, 0) is 14.2 Å². The lowest BCUT2D eigenvalue weighted by atomic mass is 10.2. The standard InChI is InChI=1S/C23H35N5O4/c1-6-28(21-26-18(2)25-20(27-21)19-10-8-7-9-11-19)13-15-31-17-16-30-14-12-24-22(29)32-23(3,4)5/h7-11H,6,12-17H2,1-5H3,(H,24,29). The Bertz CT molecular complexity index is 827. The lowest BCUT2D eigenvalue weighted by molar-refractivity contribution is 0.0410. The summed E-state index contributed by atoms with van der Waals surface area (Å²) in [7, 11) is 0. The zero-order valence-corrected chi connectivity index (χ0v) is 19.8. The first-order chi connectivity index (χ1) is 15.3. The van der Waals surface area contributed by atoms with Crippen LogP contribution in [0.3, 0.4) is 0 Å². The van der Waals surface area contributed by atoms with E-state index in [0.717, 1.165) is 12.1 Å². The molecule has 9 heteroatoms. The van der Waals surface area contributed by atoms with Crippen LogP contribution in [-0.4, -0.2) is 72.7 Å². The minimum absolute atomic E-state index is 0.390. The number of hydrogen-bond acceptors (Lipinski definition) is 8. The molecule has 0 spiro atoms. The van der Waals surface area contributed by atoms with Gasteiger partial charge < -0.3 is 24.4 Å². The van der Waals surface area contributed by atoms with Crippen LogP contribution in [0.25, 0.3) is 11.4 Å². The molecular formula is C23H35N5O4. The Hall–Kier alpha value is -2.78. The number of carbonyl (C=O) groups excluding carboxylic acids is 1. The lowest BCUT2D eigenvalue weighted by Crippen LogP contribution is -2.34. The van der Waals surface area contributed by atoms with Crippen LogP contribution in [0.4, 0.5) is 10.7 Å². The molecule has 1 amide bonds. The number of hydrogen-bond donors (Lipinski definition) is 1. The first-order valence-electron chi connectivity index (χ1n) is 10.9. The maximum absolute atomic E-state index is 11.5. The van der Waals surface area contributed by atoms with E-state index in [1.54, 1.807) is 0 Å². The van der Waals surface area contributed by atoms with Gasteiger partial charge in [-0.1, -0.05) is 30.3 Å². The van der Waals surface area contributed by atoms with Gasteiger partial charge in [-0.15, -0.1) is 0 Å². The maximum atomic E-state index is 11.5. The van der Waals surface area contributed by atoms with Gasteiger partial charge in [-0.2, -0.15) is 9.97 Å². The molecule has 32 heavy (non-hydrogen) atoms. The normalized spacial score (nSPS) is 11.3. The number of likely N-dealkylation sites (N-methyl/N-ethyl adjacent to an activating group) is 1. The number of aryl methyl sites for hydroxylation is 1. The molecule has 1 aromatic carbocycles. The molecule has 1 N–H and O–H groups in total. The highest BCUT2D eigenvalue weighted by Crippen LogP contribution is 2.17. The summed E-state index contributed by atoms with van der Waals surface area (Å²) in [6.07, 6.45) is -0.444. The van der Waals surface area contributed by atoms with Gasteiger partial charge in [0.25, 0.3) is 0 Å². The maximum Gasteiger partial charge on any atom is 0.407 e. The third-order valence-corrected chi connectivity index (χ3v) is 4.22. The minimum atomic E-state index is -0.506. The fourth-order valence-corrected chi connectivity index (χ4v) is 2.76. The number of anilines is 1. The summed E-state index contributed by atoms with van der Waals surface area (Å²) in [5.41, 5.74) is 0.457. The van der Waals surface area contributed by atoms with Gasteiger partial charge >= 0.3 is 6.09 Å². The predicted octanol–water partition coefficient (Wildman–Crippen LogP) is 3.23. The first-order valence-corrected chi connectivity index (χ1v) is 10.9. The monoisotopic (exact) mass is 445 g/mol. The van der Waals surface area contributed by atoms with E-state index in [0.29, 0.717) is 57.1 Å². The second-order valence-corrected chi connectivity index (χ2v) is 8.11. The second kappa shape index (κ2) is 12.9. The van der Waals surface area contributed by atoms with Gasteiger partial charge in [-0.3, -0.25) is 0 Å². The number of amides is 1. The van der Waals surface area contributed by atoms with E-state index >= 15 is 0 Å². The van der Waals surface area contributed by atoms with Gasteiger partial charge in [0.2, 0.25) is 5.95 Å². The molecule has 9 nitrogen and oxygen atoms in total. The molecule has 176 valence electrons. The molecule has 0 fully saturated rings. The largest absolute Gasteiger partial charge is 0.444 e. The van der Waals surface area contributed by atoms with Crippen molar-refractivity contribution in [1.29, 1.82) is 0 Å². The van der Waals surface area contributed by atoms with Crippen LogP contribution in [0.1, 0.15) is 33.5 Å². The molecule has 2 aromatic rings. The third kappa shape index (κ3) is 9.57. The average Bonchev–Trinajstić information content (AvgIpc) is 2.74. The Kier molecular flexibility index (Phi) is 10.3. The second-order valence-electron chi connectivity index (χ2n) is 8.11. The molecule has 1 heterocycles. The van der Waals surface area contributed by atoms with Crippen LogP contribution in [0.2, 0.25) is 0 Å². The summed E-state index contributed by atoms with van der Waals surface area (Å²) in [6, 6.07) is 9.88. The molecular weight excluding hydrogens is 410 g/mol. The van der Waals surface area contributed by atoms with Crippen LogP contribution in [0.5, 0.6) is 0 Å². The molecule has 0 aliphatic heterocycles. The zero-order chi connectivity index (χ0) is 23.4. The van der Waals surface area contributed by atoms with E-state index in [4.69, 9.17) is 14.2 Å². The number of nitrogens with zero attached hydrogens (tertiary/aromatic N) is 4. The Balaban J connectivity index is 1.67. The molecule has 0 radical (unpaired) electrons. The topological polar surface area (TPSA) is 98.7 Å².